The smallest absolute Gasteiger partial charge is 0.252 e. The number of thiophene rings is 1. The fourth-order valence-electron chi connectivity index (χ4n) is 1.44. The van der Waals surface area contributed by atoms with Gasteiger partial charge in [-0.25, -0.2) is 4.98 Å². The summed E-state index contributed by atoms with van der Waals surface area (Å²) >= 11 is 1.74. The van der Waals surface area contributed by atoms with Gasteiger partial charge in [0.05, 0.1) is 0 Å². The average Bonchev–Trinajstić information content (AvgIpc) is 2.69. The molecule has 0 aliphatic heterocycles. The third-order valence-electron chi connectivity index (χ3n) is 2.12. The maximum absolute atomic E-state index is 11.2. The SMILES string of the molecule is Cc1nc(NCCc2cccs2)cc(=O)[nH]1. The quantitative estimate of drug-likeness (QED) is 0.849. The molecule has 0 saturated heterocycles. The Labute approximate surface area is 97.4 Å². The van der Waals surface area contributed by atoms with Crippen molar-refractivity contribution in [3.05, 3.63) is 44.6 Å². The molecular formula is C11H13N3OS. The number of aromatic amines is 1. The first-order chi connectivity index (χ1) is 7.74. The van der Waals surface area contributed by atoms with Gasteiger partial charge in [0.2, 0.25) is 0 Å². The van der Waals surface area contributed by atoms with Gasteiger partial charge in [0.15, 0.2) is 0 Å². The number of nitrogens with zero attached hydrogens (tertiary/aromatic N) is 1. The highest BCUT2D eigenvalue weighted by atomic mass is 32.1. The second kappa shape index (κ2) is 4.94. The molecule has 2 aromatic heterocycles. The van der Waals surface area contributed by atoms with Crippen LogP contribution in [0.4, 0.5) is 5.82 Å². The number of rotatable bonds is 4. The van der Waals surface area contributed by atoms with Gasteiger partial charge in [-0.3, -0.25) is 4.79 Å². The Balaban J connectivity index is 1.92. The molecule has 0 aliphatic carbocycles. The summed E-state index contributed by atoms with van der Waals surface area (Å²) in [6, 6.07) is 5.61. The minimum absolute atomic E-state index is 0.119. The highest BCUT2D eigenvalue weighted by molar-refractivity contribution is 7.09. The summed E-state index contributed by atoms with van der Waals surface area (Å²) in [4.78, 5) is 19.3. The van der Waals surface area contributed by atoms with Gasteiger partial charge >= 0.3 is 0 Å². The van der Waals surface area contributed by atoms with Crippen molar-refractivity contribution in [2.24, 2.45) is 0 Å². The highest BCUT2D eigenvalue weighted by Crippen LogP contribution is 2.09. The third-order valence-corrected chi connectivity index (χ3v) is 3.05. The van der Waals surface area contributed by atoms with E-state index in [0.29, 0.717) is 11.6 Å². The zero-order valence-electron chi connectivity index (χ0n) is 8.99. The molecule has 0 aliphatic rings. The molecule has 2 aromatic rings. The summed E-state index contributed by atoms with van der Waals surface area (Å²) in [6.45, 7) is 2.56. The van der Waals surface area contributed by atoms with E-state index in [1.165, 1.54) is 10.9 Å². The summed E-state index contributed by atoms with van der Waals surface area (Å²) in [5.41, 5.74) is -0.119. The van der Waals surface area contributed by atoms with E-state index in [2.05, 4.69) is 26.7 Å². The predicted octanol–water partition coefficient (Wildman–Crippen LogP) is 1.79. The normalized spacial score (nSPS) is 10.3. The summed E-state index contributed by atoms with van der Waals surface area (Å²) in [5, 5.41) is 5.20. The summed E-state index contributed by atoms with van der Waals surface area (Å²) < 4.78 is 0. The van der Waals surface area contributed by atoms with Gasteiger partial charge in [0.1, 0.15) is 11.6 Å². The second-order valence-corrected chi connectivity index (χ2v) is 4.50. The molecule has 16 heavy (non-hydrogen) atoms. The van der Waals surface area contributed by atoms with E-state index in [1.807, 2.05) is 6.07 Å². The first-order valence-electron chi connectivity index (χ1n) is 5.08. The standard InChI is InChI=1S/C11H13N3OS/c1-8-13-10(7-11(15)14-8)12-5-4-9-3-2-6-16-9/h2-3,6-7H,4-5H2,1H3,(H2,12,13,14,15). The molecular weight excluding hydrogens is 222 g/mol. The highest BCUT2D eigenvalue weighted by Gasteiger charge is 1.98. The third kappa shape index (κ3) is 2.93. The van der Waals surface area contributed by atoms with Gasteiger partial charge in [-0.2, -0.15) is 0 Å². The van der Waals surface area contributed by atoms with Gasteiger partial charge in [0, 0.05) is 17.5 Å². The van der Waals surface area contributed by atoms with Crippen LogP contribution in [0.2, 0.25) is 0 Å². The Bertz CT molecular complexity index is 504. The molecule has 0 saturated carbocycles. The second-order valence-electron chi connectivity index (χ2n) is 3.47. The Morgan fingerprint density at radius 3 is 3.12 bits per heavy atom. The molecule has 0 fully saturated rings. The van der Waals surface area contributed by atoms with E-state index in [4.69, 9.17) is 0 Å². The van der Waals surface area contributed by atoms with Crippen molar-refractivity contribution in [3.63, 3.8) is 0 Å². The Morgan fingerprint density at radius 2 is 2.44 bits per heavy atom. The Kier molecular flexibility index (Phi) is 3.36. The number of anilines is 1. The molecule has 2 rings (SSSR count). The average molecular weight is 235 g/mol. The topological polar surface area (TPSA) is 57.8 Å². The van der Waals surface area contributed by atoms with Crippen molar-refractivity contribution in [3.8, 4) is 0 Å². The maximum atomic E-state index is 11.2. The van der Waals surface area contributed by atoms with Crippen molar-refractivity contribution in [2.75, 3.05) is 11.9 Å². The number of H-pyrrole nitrogens is 1. The number of aromatic nitrogens is 2. The van der Waals surface area contributed by atoms with Gasteiger partial charge < -0.3 is 10.3 Å². The fraction of sp³-hybridized carbons (Fsp3) is 0.273. The van der Waals surface area contributed by atoms with Crippen LogP contribution in [-0.4, -0.2) is 16.5 Å². The zero-order chi connectivity index (χ0) is 11.4. The van der Waals surface area contributed by atoms with Crippen molar-refractivity contribution in [2.45, 2.75) is 13.3 Å². The first-order valence-corrected chi connectivity index (χ1v) is 5.96. The lowest BCUT2D eigenvalue weighted by Gasteiger charge is -2.04. The number of hydrogen-bond donors (Lipinski definition) is 2. The van der Waals surface area contributed by atoms with Gasteiger partial charge in [-0.1, -0.05) is 6.07 Å². The lowest BCUT2D eigenvalue weighted by Crippen LogP contribution is -2.13. The molecule has 2 N–H and O–H groups in total. The molecule has 0 aromatic carbocycles. The van der Waals surface area contributed by atoms with Crippen LogP contribution in [0.25, 0.3) is 0 Å². The molecule has 2 heterocycles. The van der Waals surface area contributed by atoms with Crippen molar-refractivity contribution >= 4 is 17.2 Å². The van der Waals surface area contributed by atoms with Crippen LogP contribution in [0.15, 0.2) is 28.4 Å². The monoisotopic (exact) mass is 235 g/mol. The van der Waals surface area contributed by atoms with Gasteiger partial charge in [-0.15, -0.1) is 11.3 Å². The van der Waals surface area contributed by atoms with E-state index in [-0.39, 0.29) is 5.56 Å². The molecule has 4 nitrogen and oxygen atoms in total. The van der Waals surface area contributed by atoms with Crippen LogP contribution < -0.4 is 10.9 Å². The molecule has 0 bridgehead atoms. The van der Waals surface area contributed by atoms with Crippen LogP contribution in [0.5, 0.6) is 0 Å². The fourth-order valence-corrected chi connectivity index (χ4v) is 2.15. The van der Waals surface area contributed by atoms with E-state index < -0.39 is 0 Å². The van der Waals surface area contributed by atoms with Crippen molar-refractivity contribution in [1.82, 2.24) is 9.97 Å². The zero-order valence-corrected chi connectivity index (χ0v) is 9.80. The van der Waals surface area contributed by atoms with Crippen molar-refractivity contribution < 1.29 is 0 Å². The summed E-state index contributed by atoms with van der Waals surface area (Å²) in [5.74, 6) is 1.27. The number of nitrogens with one attached hydrogen (secondary N) is 2. The Morgan fingerprint density at radius 1 is 1.56 bits per heavy atom. The van der Waals surface area contributed by atoms with Crippen LogP contribution >= 0.6 is 11.3 Å². The minimum atomic E-state index is -0.119. The van der Waals surface area contributed by atoms with Crippen molar-refractivity contribution in [1.29, 1.82) is 0 Å². The molecule has 84 valence electrons. The first kappa shape index (κ1) is 10.9. The summed E-state index contributed by atoms with van der Waals surface area (Å²) in [7, 11) is 0. The largest absolute Gasteiger partial charge is 0.369 e. The van der Waals surface area contributed by atoms with Crippen LogP contribution in [0.3, 0.4) is 0 Å². The summed E-state index contributed by atoms with van der Waals surface area (Å²) in [6.07, 6.45) is 0.950. The molecule has 0 atom stereocenters. The minimum Gasteiger partial charge on any atom is -0.369 e. The van der Waals surface area contributed by atoms with E-state index in [1.54, 1.807) is 18.3 Å². The van der Waals surface area contributed by atoms with Gasteiger partial charge in [-0.05, 0) is 24.8 Å². The lowest BCUT2D eigenvalue weighted by atomic mass is 10.3. The number of hydrogen-bond acceptors (Lipinski definition) is 4. The molecule has 0 spiro atoms. The molecule has 5 heteroatoms. The van der Waals surface area contributed by atoms with E-state index in [0.717, 1.165) is 13.0 Å². The maximum Gasteiger partial charge on any atom is 0.252 e. The van der Waals surface area contributed by atoms with Gasteiger partial charge in [0.25, 0.3) is 5.56 Å². The molecule has 0 radical (unpaired) electrons. The van der Waals surface area contributed by atoms with E-state index in [9.17, 15) is 4.79 Å². The number of aryl methyl sites for hydroxylation is 1. The molecule has 0 amide bonds. The molecule has 0 unspecified atom stereocenters. The predicted molar refractivity (Wildman–Crippen MR) is 66.1 cm³/mol. The Hall–Kier alpha value is -1.62. The van der Waals surface area contributed by atoms with Crippen LogP contribution in [-0.2, 0) is 6.42 Å². The van der Waals surface area contributed by atoms with E-state index >= 15 is 0 Å². The van der Waals surface area contributed by atoms with Crippen LogP contribution in [0.1, 0.15) is 10.7 Å². The van der Waals surface area contributed by atoms with Crippen LogP contribution in [0, 0.1) is 6.92 Å². The lowest BCUT2D eigenvalue weighted by molar-refractivity contribution is 0.978.